The summed E-state index contributed by atoms with van der Waals surface area (Å²) in [5.41, 5.74) is 3.33. The predicted molar refractivity (Wildman–Crippen MR) is 131 cm³/mol. The monoisotopic (exact) mass is 432 g/mol. The van der Waals surface area contributed by atoms with Gasteiger partial charge in [0.25, 0.3) is 0 Å². The Balaban J connectivity index is 1.45. The Bertz CT molecular complexity index is 890. The molecule has 0 radical (unpaired) electrons. The van der Waals surface area contributed by atoms with Crippen LogP contribution in [0, 0.1) is 0 Å². The lowest BCUT2D eigenvalue weighted by Gasteiger charge is -2.09. The minimum absolute atomic E-state index is 0.526. The van der Waals surface area contributed by atoms with E-state index in [0.717, 1.165) is 54.3 Å². The van der Waals surface area contributed by atoms with E-state index in [9.17, 15) is 0 Å². The van der Waals surface area contributed by atoms with E-state index in [2.05, 4.69) is 35.9 Å². The lowest BCUT2D eigenvalue weighted by molar-refractivity contribution is 0.302. The van der Waals surface area contributed by atoms with E-state index in [-0.39, 0.29) is 0 Å². The number of aromatic nitrogens is 2. The quantitative estimate of drug-likeness (QED) is 0.249. The zero-order valence-corrected chi connectivity index (χ0v) is 19.6. The summed E-state index contributed by atoms with van der Waals surface area (Å²) in [5, 5.41) is 0. The average molecular weight is 433 g/mol. The Labute approximate surface area is 193 Å². The van der Waals surface area contributed by atoms with Crippen molar-refractivity contribution in [3.05, 3.63) is 72.1 Å². The summed E-state index contributed by atoms with van der Waals surface area (Å²) in [4.78, 5) is 9.12. The maximum atomic E-state index is 5.93. The van der Waals surface area contributed by atoms with Crippen LogP contribution < -0.4 is 9.47 Å². The Kier molecular flexibility index (Phi) is 10.0. The Morgan fingerprint density at radius 2 is 1.25 bits per heavy atom. The van der Waals surface area contributed by atoms with Gasteiger partial charge in [0.1, 0.15) is 18.1 Å². The van der Waals surface area contributed by atoms with Crippen molar-refractivity contribution in [1.82, 2.24) is 9.97 Å². The first-order valence-electron chi connectivity index (χ1n) is 12.0. The first-order valence-corrected chi connectivity index (χ1v) is 12.0. The zero-order chi connectivity index (χ0) is 22.4. The summed E-state index contributed by atoms with van der Waals surface area (Å²) in [6.07, 6.45) is 13.6. The lowest BCUT2D eigenvalue weighted by atomic mass is 10.1. The first kappa shape index (κ1) is 23.8. The highest BCUT2D eigenvalue weighted by molar-refractivity contribution is 5.55. The summed E-state index contributed by atoms with van der Waals surface area (Å²) in [5.74, 6) is 2.50. The van der Waals surface area contributed by atoms with E-state index in [4.69, 9.17) is 9.47 Å². The van der Waals surface area contributed by atoms with Gasteiger partial charge in [-0.05, 0) is 66.8 Å². The second-order valence-electron chi connectivity index (χ2n) is 8.24. The molecular formula is C28H36N2O2. The van der Waals surface area contributed by atoms with Crippen LogP contribution in [-0.4, -0.2) is 16.6 Å². The molecule has 1 heterocycles. The van der Waals surface area contributed by atoms with Crippen LogP contribution in [0.25, 0.3) is 11.4 Å². The average Bonchev–Trinajstić information content (AvgIpc) is 2.84. The van der Waals surface area contributed by atoms with Crippen molar-refractivity contribution in [1.29, 1.82) is 0 Å². The second kappa shape index (κ2) is 13.5. The van der Waals surface area contributed by atoms with Crippen molar-refractivity contribution in [3.63, 3.8) is 0 Å². The molecule has 4 heteroatoms. The van der Waals surface area contributed by atoms with Gasteiger partial charge < -0.3 is 9.47 Å². The van der Waals surface area contributed by atoms with Crippen LogP contribution in [0.3, 0.4) is 0 Å². The van der Waals surface area contributed by atoms with Crippen LogP contribution >= 0.6 is 0 Å². The van der Waals surface area contributed by atoms with E-state index in [0.29, 0.717) is 6.61 Å². The molecule has 1 aromatic heterocycles. The second-order valence-corrected chi connectivity index (χ2v) is 8.24. The lowest BCUT2D eigenvalue weighted by Crippen LogP contribution is -1.98. The number of hydrogen-bond donors (Lipinski definition) is 0. The summed E-state index contributed by atoms with van der Waals surface area (Å²) in [6.45, 7) is 5.70. The predicted octanol–water partition coefficient (Wildman–Crippen LogP) is 7.41. The van der Waals surface area contributed by atoms with Crippen LogP contribution in [0.4, 0.5) is 0 Å². The van der Waals surface area contributed by atoms with Crippen LogP contribution in [0.5, 0.6) is 11.5 Å². The summed E-state index contributed by atoms with van der Waals surface area (Å²) >= 11 is 0. The molecule has 2 aromatic carbocycles. The molecule has 0 amide bonds. The number of hydrogen-bond acceptors (Lipinski definition) is 4. The largest absolute Gasteiger partial charge is 0.494 e. The van der Waals surface area contributed by atoms with E-state index >= 15 is 0 Å². The van der Waals surface area contributed by atoms with Crippen LogP contribution in [0.15, 0.2) is 60.9 Å². The van der Waals surface area contributed by atoms with Crippen LogP contribution in [0.1, 0.15) is 69.9 Å². The highest BCUT2D eigenvalue weighted by Crippen LogP contribution is 2.21. The molecule has 3 rings (SSSR count). The molecule has 0 spiro atoms. The molecule has 0 fully saturated rings. The molecule has 32 heavy (non-hydrogen) atoms. The molecule has 0 aliphatic heterocycles. The number of benzene rings is 2. The molecule has 0 bridgehead atoms. The van der Waals surface area contributed by atoms with Crippen molar-refractivity contribution >= 4 is 0 Å². The smallest absolute Gasteiger partial charge is 0.159 e. The minimum atomic E-state index is 0.526. The number of nitrogens with zero attached hydrogens (tertiary/aromatic N) is 2. The standard InChI is InChI=1S/C28H36N2O2/c1-3-5-7-8-9-10-24-20-29-28(30-21-24)25-13-17-27(18-14-25)32-22-23-11-15-26(16-12-23)31-19-6-4-2/h11-18,20-21H,3-10,19,22H2,1-2H3. The van der Waals surface area contributed by atoms with Gasteiger partial charge in [0.2, 0.25) is 0 Å². The Morgan fingerprint density at radius 1 is 0.625 bits per heavy atom. The van der Waals surface area contributed by atoms with Crippen molar-refractivity contribution in [2.24, 2.45) is 0 Å². The number of rotatable bonds is 14. The van der Waals surface area contributed by atoms with Crippen LogP contribution in [0.2, 0.25) is 0 Å². The third-order valence-corrected chi connectivity index (χ3v) is 5.48. The maximum absolute atomic E-state index is 5.93. The van der Waals surface area contributed by atoms with Crippen molar-refractivity contribution < 1.29 is 9.47 Å². The van der Waals surface area contributed by atoms with Gasteiger partial charge in [-0.1, -0.05) is 58.1 Å². The van der Waals surface area contributed by atoms with Gasteiger partial charge in [-0.25, -0.2) is 9.97 Å². The molecule has 0 aliphatic rings. The molecule has 0 saturated carbocycles. The SMILES string of the molecule is CCCCCCCc1cnc(-c2ccc(OCc3ccc(OCCCC)cc3)cc2)nc1. The van der Waals surface area contributed by atoms with E-state index in [1.807, 2.05) is 48.8 Å². The summed E-state index contributed by atoms with van der Waals surface area (Å²) < 4.78 is 11.6. The molecule has 0 aliphatic carbocycles. The Morgan fingerprint density at radius 3 is 1.94 bits per heavy atom. The number of ether oxygens (including phenoxy) is 2. The van der Waals surface area contributed by atoms with Gasteiger partial charge in [0.15, 0.2) is 5.82 Å². The third kappa shape index (κ3) is 7.99. The normalized spacial score (nSPS) is 10.8. The van der Waals surface area contributed by atoms with Gasteiger partial charge in [-0.2, -0.15) is 0 Å². The molecule has 0 N–H and O–H groups in total. The fourth-order valence-corrected chi connectivity index (χ4v) is 3.45. The topological polar surface area (TPSA) is 44.2 Å². The molecular weight excluding hydrogens is 396 g/mol. The molecule has 0 unspecified atom stereocenters. The molecule has 0 atom stereocenters. The van der Waals surface area contributed by atoms with E-state index < -0.39 is 0 Å². The fraction of sp³-hybridized carbons (Fsp3) is 0.429. The Hall–Kier alpha value is -2.88. The van der Waals surface area contributed by atoms with E-state index in [1.165, 1.54) is 37.7 Å². The number of aryl methyl sites for hydroxylation is 1. The van der Waals surface area contributed by atoms with Gasteiger partial charge in [0, 0.05) is 18.0 Å². The van der Waals surface area contributed by atoms with Crippen LogP contribution in [-0.2, 0) is 13.0 Å². The third-order valence-electron chi connectivity index (χ3n) is 5.48. The highest BCUT2D eigenvalue weighted by atomic mass is 16.5. The van der Waals surface area contributed by atoms with Crippen molar-refractivity contribution in [3.8, 4) is 22.9 Å². The highest BCUT2D eigenvalue weighted by Gasteiger charge is 2.04. The molecule has 0 saturated heterocycles. The van der Waals surface area contributed by atoms with Crippen molar-refractivity contribution in [2.45, 2.75) is 71.8 Å². The van der Waals surface area contributed by atoms with E-state index in [1.54, 1.807) is 0 Å². The van der Waals surface area contributed by atoms with Gasteiger partial charge in [0.05, 0.1) is 6.61 Å². The summed E-state index contributed by atoms with van der Waals surface area (Å²) in [6, 6.07) is 16.1. The number of unbranched alkanes of at least 4 members (excludes halogenated alkanes) is 5. The molecule has 4 nitrogen and oxygen atoms in total. The fourth-order valence-electron chi connectivity index (χ4n) is 3.45. The van der Waals surface area contributed by atoms with Gasteiger partial charge in [-0.15, -0.1) is 0 Å². The van der Waals surface area contributed by atoms with Gasteiger partial charge >= 0.3 is 0 Å². The minimum Gasteiger partial charge on any atom is -0.494 e. The zero-order valence-electron chi connectivity index (χ0n) is 19.6. The van der Waals surface area contributed by atoms with Crippen molar-refractivity contribution in [2.75, 3.05) is 6.61 Å². The maximum Gasteiger partial charge on any atom is 0.159 e. The molecule has 3 aromatic rings. The molecule has 170 valence electrons. The first-order chi connectivity index (χ1) is 15.8. The summed E-state index contributed by atoms with van der Waals surface area (Å²) in [7, 11) is 0. The van der Waals surface area contributed by atoms with Gasteiger partial charge in [-0.3, -0.25) is 0 Å².